The van der Waals surface area contributed by atoms with Gasteiger partial charge in [0, 0.05) is 6.04 Å². The van der Waals surface area contributed by atoms with Gasteiger partial charge in [0.05, 0.1) is 6.10 Å². The van der Waals surface area contributed by atoms with Crippen LogP contribution in [0.1, 0.15) is 71.3 Å². The maximum Gasteiger partial charge on any atom is 0.407 e. The molecule has 1 amide bonds. The highest BCUT2D eigenvalue weighted by Gasteiger charge is 2.41. The first-order valence-corrected chi connectivity index (χ1v) is 10.5. The highest BCUT2D eigenvalue weighted by molar-refractivity contribution is 5.68. The highest BCUT2D eigenvalue weighted by Crippen LogP contribution is 2.46. The van der Waals surface area contributed by atoms with Gasteiger partial charge in [-0.3, -0.25) is 0 Å². The van der Waals surface area contributed by atoms with Crippen LogP contribution in [0.3, 0.4) is 0 Å². The largest absolute Gasteiger partial charge is 0.444 e. The van der Waals surface area contributed by atoms with Gasteiger partial charge in [-0.2, -0.15) is 0 Å². The Kier molecular flexibility index (Phi) is 6.33. The van der Waals surface area contributed by atoms with Crippen molar-refractivity contribution in [2.75, 3.05) is 0 Å². The highest BCUT2D eigenvalue weighted by atomic mass is 19.1. The minimum Gasteiger partial charge on any atom is -0.444 e. The Morgan fingerprint density at radius 3 is 2.43 bits per heavy atom. The second-order valence-electron chi connectivity index (χ2n) is 9.87. The molecule has 0 radical (unpaired) electrons. The SMILES string of the molecule is C[C@H]1CC([C@@H]2C[C@H](c3ccc(F)cc3)C[C@H]2O)C[C@H](NC(=O)OC(C)(C)C)C1. The van der Waals surface area contributed by atoms with Crippen molar-refractivity contribution in [3.63, 3.8) is 0 Å². The molecule has 2 aliphatic rings. The first-order valence-electron chi connectivity index (χ1n) is 10.5. The van der Waals surface area contributed by atoms with Gasteiger partial charge in [0.15, 0.2) is 0 Å². The fourth-order valence-electron chi connectivity index (χ4n) is 5.16. The van der Waals surface area contributed by atoms with E-state index in [0.717, 1.165) is 37.7 Å². The lowest BCUT2D eigenvalue weighted by Crippen LogP contribution is -2.44. The van der Waals surface area contributed by atoms with Crippen LogP contribution in [-0.2, 0) is 4.74 Å². The van der Waals surface area contributed by atoms with Crippen molar-refractivity contribution in [3.05, 3.63) is 35.6 Å². The second-order valence-corrected chi connectivity index (χ2v) is 9.87. The van der Waals surface area contributed by atoms with Crippen LogP contribution in [0.2, 0.25) is 0 Å². The summed E-state index contributed by atoms with van der Waals surface area (Å²) in [7, 11) is 0. The number of carbonyl (C=O) groups is 1. The predicted molar refractivity (Wildman–Crippen MR) is 108 cm³/mol. The van der Waals surface area contributed by atoms with Crippen LogP contribution in [0.5, 0.6) is 0 Å². The molecule has 1 unspecified atom stereocenters. The van der Waals surface area contributed by atoms with Crippen molar-refractivity contribution < 1.29 is 19.0 Å². The third kappa shape index (κ3) is 5.47. The number of benzene rings is 1. The Hall–Kier alpha value is -1.62. The number of halogens is 1. The number of hydrogen-bond donors (Lipinski definition) is 2. The summed E-state index contributed by atoms with van der Waals surface area (Å²) in [6, 6.07) is 6.76. The molecule has 156 valence electrons. The smallest absolute Gasteiger partial charge is 0.407 e. The standard InChI is InChI=1S/C23H34FNO3/c1-14-9-17(11-19(10-14)25-22(27)28-23(2,3)4)20-12-16(13-21(20)26)15-5-7-18(24)8-6-15/h5-8,14,16-17,19-21,26H,9-13H2,1-4H3,(H,25,27)/t14-,16-,17?,19+,20-,21+/m0/s1. The lowest BCUT2D eigenvalue weighted by atomic mass is 9.72. The summed E-state index contributed by atoms with van der Waals surface area (Å²) in [6.45, 7) is 7.81. The Morgan fingerprint density at radius 2 is 1.79 bits per heavy atom. The monoisotopic (exact) mass is 391 g/mol. The third-order valence-electron chi connectivity index (χ3n) is 6.22. The molecule has 2 N–H and O–H groups in total. The van der Waals surface area contributed by atoms with Crippen molar-refractivity contribution in [2.24, 2.45) is 17.8 Å². The van der Waals surface area contributed by atoms with Crippen molar-refractivity contribution >= 4 is 6.09 Å². The average molecular weight is 392 g/mol. The molecule has 0 aromatic heterocycles. The number of aliphatic hydroxyl groups is 1. The second kappa shape index (κ2) is 8.40. The van der Waals surface area contributed by atoms with Crippen molar-refractivity contribution in [1.29, 1.82) is 0 Å². The lowest BCUT2D eigenvalue weighted by Gasteiger charge is -2.38. The number of nitrogens with one attached hydrogen (secondary N) is 1. The van der Waals surface area contributed by atoms with E-state index in [9.17, 15) is 14.3 Å². The summed E-state index contributed by atoms with van der Waals surface area (Å²) in [6.07, 6.45) is 3.84. The molecule has 3 rings (SSSR count). The van der Waals surface area contributed by atoms with Gasteiger partial charge in [0.25, 0.3) is 0 Å². The normalized spacial score (nSPS) is 33.5. The minimum atomic E-state index is -0.506. The van der Waals surface area contributed by atoms with Gasteiger partial charge < -0.3 is 15.2 Å². The van der Waals surface area contributed by atoms with Crippen LogP contribution >= 0.6 is 0 Å². The van der Waals surface area contributed by atoms with Gasteiger partial charge in [-0.1, -0.05) is 19.1 Å². The number of carbonyl (C=O) groups excluding carboxylic acids is 1. The van der Waals surface area contributed by atoms with E-state index >= 15 is 0 Å². The topological polar surface area (TPSA) is 58.6 Å². The third-order valence-corrected chi connectivity index (χ3v) is 6.22. The van der Waals surface area contributed by atoms with Gasteiger partial charge in [0.2, 0.25) is 0 Å². The molecule has 2 aliphatic carbocycles. The summed E-state index contributed by atoms with van der Waals surface area (Å²) in [5.41, 5.74) is 0.601. The van der Waals surface area contributed by atoms with Gasteiger partial charge >= 0.3 is 6.09 Å². The van der Waals surface area contributed by atoms with Gasteiger partial charge in [-0.15, -0.1) is 0 Å². The van der Waals surface area contributed by atoms with Gasteiger partial charge in [0.1, 0.15) is 11.4 Å². The van der Waals surface area contributed by atoms with Crippen LogP contribution in [0.4, 0.5) is 9.18 Å². The van der Waals surface area contributed by atoms with E-state index < -0.39 is 5.60 Å². The fourth-order valence-corrected chi connectivity index (χ4v) is 5.16. The maximum absolute atomic E-state index is 13.2. The zero-order valence-electron chi connectivity index (χ0n) is 17.5. The Bertz CT molecular complexity index is 669. The van der Waals surface area contributed by atoms with Crippen LogP contribution in [0.25, 0.3) is 0 Å². The van der Waals surface area contributed by atoms with E-state index in [1.165, 1.54) is 12.1 Å². The van der Waals surface area contributed by atoms with E-state index in [2.05, 4.69) is 12.2 Å². The van der Waals surface area contributed by atoms with Crippen LogP contribution in [-0.4, -0.2) is 28.9 Å². The molecule has 4 nitrogen and oxygen atoms in total. The predicted octanol–water partition coefficient (Wildman–Crippen LogP) is 5.01. The molecule has 0 aliphatic heterocycles. The molecular weight excluding hydrogens is 357 g/mol. The lowest BCUT2D eigenvalue weighted by molar-refractivity contribution is 0.0406. The Labute approximate surface area is 167 Å². The molecule has 28 heavy (non-hydrogen) atoms. The first-order chi connectivity index (χ1) is 13.1. The number of rotatable bonds is 3. The molecular formula is C23H34FNO3. The van der Waals surface area contributed by atoms with Crippen molar-refractivity contribution in [1.82, 2.24) is 5.32 Å². The first kappa shape index (κ1) is 21.1. The van der Waals surface area contributed by atoms with E-state index in [1.807, 2.05) is 32.9 Å². The number of hydrogen-bond acceptors (Lipinski definition) is 3. The van der Waals surface area contributed by atoms with Crippen molar-refractivity contribution in [2.45, 2.75) is 83.5 Å². The Balaban J connectivity index is 1.62. The molecule has 0 bridgehead atoms. The minimum absolute atomic E-state index is 0.0840. The number of aliphatic hydroxyl groups excluding tert-OH is 1. The maximum atomic E-state index is 13.2. The van der Waals surface area contributed by atoms with E-state index in [4.69, 9.17) is 4.74 Å². The molecule has 0 saturated heterocycles. The molecule has 2 fully saturated rings. The molecule has 0 spiro atoms. The average Bonchev–Trinajstić information content (AvgIpc) is 2.95. The summed E-state index contributed by atoms with van der Waals surface area (Å²) < 4.78 is 18.6. The zero-order valence-corrected chi connectivity index (χ0v) is 17.5. The van der Waals surface area contributed by atoms with Gasteiger partial charge in [-0.05, 0) is 94.2 Å². The van der Waals surface area contributed by atoms with E-state index in [1.54, 1.807) is 0 Å². The molecule has 6 atom stereocenters. The molecule has 2 saturated carbocycles. The summed E-state index contributed by atoms with van der Waals surface area (Å²) in [5.74, 6) is 1.15. The summed E-state index contributed by atoms with van der Waals surface area (Å²) in [4.78, 5) is 12.2. The quantitative estimate of drug-likeness (QED) is 0.761. The van der Waals surface area contributed by atoms with Gasteiger partial charge in [-0.25, -0.2) is 9.18 Å². The number of amides is 1. The molecule has 1 aromatic rings. The van der Waals surface area contributed by atoms with E-state index in [0.29, 0.717) is 11.8 Å². The van der Waals surface area contributed by atoms with Crippen LogP contribution in [0, 0.1) is 23.6 Å². The van der Waals surface area contributed by atoms with Crippen molar-refractivity contribution in [3.8, 4) is 0 Å². The summed E-state index contributed by atoms with van der Waals surface area (Å²) >= 11 is 0. The Morgan fingerprint density at radius 1 is 1.11 bits per heavy atom. The molecule has 1 aromatic carbocycles. The van der Waals surface area contributed by atoms with Crippen LogP contribution in [0.15, 0.2) is 24.3 Å². The van der Waals surface area contributed by atoms with E-state index in [-0.39, 0.29) is 35.9 Å². The zero-order chi connectivity index (χ0) is 20.5. The van der Waals surface area contributed by atoms with Crippen LogP contribution < -0.4 is 5.32 Å². The number of alkyl carbamates (subject to hydrolysis) is 1. The molecule has 5 heteroatoms. The molecule has 0 heterocycles. The number of ether oxygens (including phenoxy) is 1. The fraction of sp³-hybridized carbons (Fsp3) is 0.696. The summed E-state index contributed by atoms with van der Waals surface area (Å²) in [5, 5.41) is 13.8.